The van der Waals surface area contributed by atoms with E-state index in [-0.39, 0.29) is 11.2 Å². The molecule has 1 fully saturated rings. The lowest BCUT2D eigenvalue weighted by Gasteiger charge is -2.19. The van der Waals surface area contributed by atoms with Crippen LogP contribution in [0.4, 0.5) is 4.39 Å². The topological polar surface area (TPSA) is 54.9 Å². The van der Waals surface area contributed by atoms with Gasteiger partial charge in [0.2, 0.25) is 0 Å². The van der Waals surface area contributed by atoms with Gasteiger partial charge in [-0.25, -0.2) is 4.39 Å². The van der Waals surface area contributed by atoms with Crippen molar-refractivity contribution < 1.29 is 13.9 Å². The van der Waals surface area contributed by atoms with E-state index in [1.165, 1.54) is 6.07 Å². The molecule has 3 rings (SSSR count). The molecule has 0 aliphatic heterocycles. The van der Waals surface area contributed by atoms with Gasteiger partial charge in [-0.1, -0.05) is 18.2 Å². The normalized spacial score (nSPS) is 15.1. The Labute approximate surface area is 166 Å². The smallest absolute Gasteiger partial charge is 0.191 e. The fraction of sp³-hybridized carbons (Fsp3) is 0.409. The third kappa shape index (κ3) is 4.74. The van der Waals surface area contributed by atoms with Gasteiger partial charge in [-0.2, -0.15) is 0 Å². The van der Waals surface area contributed by atoms with Crippen molar-refractivity contribution in [2.75, 3.05) is 34.4 Å². The van der Waals surface area contributed by atoms with E-state index in [0.717, 1.165) is 60.9 Å². The van der Waals surface area contributed by atoms with Crippen LogP contribution >= 0.6 is 0 Å². The van der Waals surface area contributed by atoms with Crippen molar-refractivity contribution in [2.24, 2.45) is 4.99 Å². The Morgan fingerprint density at radius 2 is 1.86 bits per heavy atom. The lowest BCUT2D eigenvalue weighted by atomic mass is 9.96. The molecule has 2 aromatic rings. The molecule has 2 aromatic carbocycles. The summed E-state index contributed by atoms with van der Waals surface area (Å²) in [6.45, 7) is 1.48. The monoisotopic (exact) mass is 385 g/mol. The predicted molar refractivity (Wildman–Crippen MR) is 110 cm³/mol. The standard InChI is InChI=1S/C22H28FN3O2/c1-24-21(25-12-9-16-7-8-19(27-2)20(13-16)28-3)26-15-22(10-11-22)17-5-4-6-18(23)14-17/h4-8,13-14H,9-12,15H2,1-3H3,(H2,24,25,26). The van der Waals surface area contributed by atoms with E-state index >= 15 is 0 Å². The summed E-state index contributed by atoms with van der Waals surface area (Å²) < 4.78 is 24.2. The van der Waals surface area contributed by atoms with Gasteiger partial charge < -0.3 is 20.1 Å². The van der Waals surface area contributed by atoms with Crippen LogP contribution in [-0.2, 0) is 11.8 Å². The Morgan fingerprint density at radius 3 is 2.50 bits per heavy atom. The van der Waals surface area contributed by atoms with Crippen molar-refractivity contribution in [1.29, 1.82) is 0 Å². The Hall–Kier alpha value is -2.76. The first-order chi connectivity index (χ1) is 13.6. The third-order valence-electron chi connectivity index (χ3n) is 5.26. The summed E-state index contributed by atoms with van der Waals surface area (Å²) >= 11 is 0. The average molecular weight is 385 g/mol. The molecule has 0 spiro atoms. The maximum absolute atomic E-state index is 13.5. The molecule has 0 amide bonds. The first-order valence-electron chi connectivity index (χ1n) is 9.52. The second-order valence-electron chi connectivity index (χ2n) is 7.08. The Kier molecular flexibility index (Phi) is 6.39. The highest BCUT2D eigenvalue weighted by Crippen LogP contribution is 2.47. The van der Waals surface area contributed by atoms with Crippen LogP contribution in [-0.4, -0.2) is 40.3 Å². The zero-order valence-corrected chi connectivity index (χ0v) is 16.7. The number of hydrogen-bond acceptors (Lipinski definition) is 3. The molecule has 6 heteroatoms. The minimum atomic E-state index is -0.179. The number of methoxy groups -OCH3 is 2. The number of benzene rings is 2. The number of nitrogens with zero attached hydrogens (tertiary/aromatic N) is 1. The predicted octanol–water partition coefficient (Wildman–Crippen LogP) is 3.28. The van der Waals surface area contributed by atoms with Gasteiger partial charge in [0.05, 0.1) is 14.2 Å². The maximum Gasteiger partial charge on any atom is 0.191 e. The number of nitrogens with one attached hydrogen (secondary N) is 2. The summed E-state index contributed by atoms with van der Waals surface area (Å²) in [4.78, 5) is 4.30. The van der Waals surface area contributed by atoms with E-state index in [2.05, 4.69) is 15.6 Å². The molecule has 0 saturated heterocycles. The minimum Gasteiger partial charge on any atom is -0.493 e. The number of ether oxygens (including phenoxy) is 2. The fourth-order valence-electron chi connectivity index (χ4n) is 3.37. The van der Waals surface area contributed by atoms with Gasteiger partial charge in [0.15, 0.2) is 17.5 Å². The second-order valence-corrected chi connectivity index (χ2v) is 7.08. The van der Waals surface area contributed by atoms with Crippen LogP contribution in [0.25, 0.3) is 0 Å². The zero-order chi connectivity index (χ0) is 20.0. The summed E-state index contributed by atoms with van der Waals surface area (Å²) in [5, 5.41) is 6.73. The van der Waals surface area contributed by atoms with Gasteiger partial charge in [0.25, 0.3) is 0 Å². The van der Waals surface area contributed by atoms with E-state index in [1.807, 2.05) is 24.3 Å². The molecule has 0 radical (unpaired) electrons. The highest BCUT2D eigenvalue weighted by atomic mass is 19.1. The summed E-state index contributed by atoms with van der Waals surface area (Å²) in [5.41, 5.74) is 2.23. The van der Waals surface area contributed by atoms with Crippen molar-refractivity contribution >= 4 is 5.96 Å². The van der Waals surface area contributed by atoms with Crippen LogP contribution in [0.5, 0.6) is 11.5 Å². The molecule has 28 heavy (non-hydrogen) atoms. The molecule has 1 aliphatic rings. The average Bonchev–Trinajstić information content (AvgIpc) is 3.51. The largest absolute Gasteiger partial charge is 0.493 e. The zero-order valence-electron chi connectivity index (χ0n) is 16.7. The maximum atomic E-state index is 13.5. The van der Waals surface area contributed by atoms with Gasteiger partial charge in [-0.3, -0.25) is 4.99 Å². The van der Waals surface area contributed by atoms with Crippen molar-refractivity contribution in [3.05, 3.63) is 59.4 Å². The van der Waals surface area contributed by atoms with Gasteiger partial charge >= 0.3 is 0 Å². The molecule has 1 saturated carbocycles. The van der Waals surface area contributed by atoms with Gasteiger partial charge in [0, 0.05) is 25.6 Å². The Balaban J connectivity index is 1.50. The quantitative estimate of drug-likeness (QED) is 0.541. The van der Waals surface area contributed by atoms with Gasteiger partial charge in [-0.15, -0.1) is 0 Å². The number of rotatable bonds is 8. The summed E-state index contributed by atoms with van der Waals surface area (Å²) in [7, 11) is 5.02. The number of aliphatic imine (C=N–C) groups is 1. The molecular formula is C22H28FN3O2. The molecule has 2 N–H and O–H groups in total. The van der Waals surface area contributed by atoms with E-state index < -0.39 is 0 Å². The molecule has 0 unspecified atom stereocenters. The molecular weight excluding hydrogens is 357 g/mol. The van der Waals surface area contributed by atoms with Crippen molar-refractivity contribution in [3.63, 3.8) is 0 Å². The van der Waals surface area contributed by atoms with Crippen molar-refractivity contribution in [3.8, 4) is 11.5 Å². The van der Waals surface area contributed by atoms with E-state index in [0.29, 0.717) is 0 Å². The van der Waals surface area contributed by atoms with Crippen LogP contribution in [0.15, 0.2) is 47.5 Å². The summed E-state index contributed by atoms with van der Waals surface area (Å²) in [6, 6.07) is 12.8. The van der Waals surface area contributed by atoms with Gasteiger partial charge in [0.1, 0.15) is 5.82 Å². The molecule has 0 heterocycles. The molecule has 0 atom stereocenters. The third-order valence-corrected chi connectivity index (χ3v) is 5.26. The number of hydrogen-bond donors (Lipinski definition) is 2. The molecule has 0 aromatic heterocycles. The molecule has 1 aliphatic carbocycles. The Bertz CT molecular complexity index is 834. The van der Waals surface area contributed by atoms with Crippen molar-refractivity contribution in [1.82, 2.24) is 10.6 Å². The lowest BCUT2D eigenvalue weighted by molar-refractivity contribution is 0.354. The highest BCUT2D eigenvalue weighted by molar-refractivity contribution is 5.79. The van der Waals surface area contributed by atoms with Crippen LogP contribution < -0.4 is 20.1 Å². The van der Waals surface area contributed by atoms with E-state index in [4.69, 9.17) is 9.47 Å². The van der Waals surface area contributed by atoms with Crippen LogP contribution in [0, 0.1) is 5.82 Å². The minimum absolute atomic E-state index is 0.0169. The van der Waals surface area contributed by atoms with Gasteiger partial charge in [-0.05, 0) is 54.7 Å². The number of halogens is 1. The lowest BCUT2D eigenvalue weighted by Crippen LogP contribution is -2.42. The molecule has 5 nitrogen and oxygen atoms in total. The van der Waals surface area contributed by atoms with E-state index in [1.54, 1.807) is 33.4 Å². The van der Waals surface area contributed by atoms with Crippen LogP contribution in [0.3, 0.4) is 0 Å². The van der Waals surface area contributed by atoms with Crippen molar-refractivity contribution in [2.45, 2.75) is 24.7 Å². The molecule has 150 valence electrons. The first-order valence-corrected chi connectivity index (χ1v) is 9.52. The van der Waals surface area contributed by atoms with Crippen LogP contribution in [0.2, 0.25) is 0 Å². The fourth-order valence-corrected chi connectivity index (χ4v) is 3.37. The first kappa shape index (κ1) is 20.0. The molecule has 0 bridgehead atoms. The summed E-state index contributed by atoms with van der Waals surface area (Å²) in [6.07, 6.45) is 2.95. The second kappa shape index (κ2) is 8.95. The number of guanidine groups is 1. The Morgan fingerprint density at radius 1 is 1.07 bits per heavy atom. The summed E-state index contributed by atoms with van der Waals surface area (Å²) in [5.74, 6) is 2.03. The highest BCUT2D eigenvalue weighted by Gasteiger charge is 2.44. The SMILES string of the molecule is CN=C(NCCc1ccc(OC)c(OC)c1)NCC1(c2cccc(F)c2)CC1. The van der Waals surface area contributed by atoms with Crippen LogP contribution in [0.1, 0.15) is 24.0 Å². The van der Waals surface area contributed by atoms with E-state index in [9.17, 15) is 4.39 Å².